The highest BCUT2D eigenvalue weighted by Crippen LogP contribution is 2.08. The van der Waals surface area contributed by atoms with E-state index in [1.165, 1.54) is 0 Å². The van der Waals surface area contributed by atoms with Crippen LogP contribution < -0.4 is 0 Å². The van der Waals surface area contributed by atoms with Crippen molar-refractivity contribution < 1.29 is 4.39 Å². The third kappa shape index (κ3) is 5.55. The van der Waals surface area contributed by atoms with Crippen LogP contribution in [-0.4, -0.2) is 6.17 Å². The molecule has 0 amide bonds. The first-order chi connectivity index (χ1) is 4.81. The quantitative estimate of drug-likeness (QED) is 0.543. The van der Waals surface area contributed by atoms with Gasteiger partial charge < -0.3 is 0 Å². The van der Waals surface area contributed by atoms with Crippen LogP contribution in [0.4, 0.5) is 4.39 Å². The van der Waals surface area contributed by atoms with E-state index >= 15 is 0 Å². The Morgan fingerprint density at radius 3 is 2.70 bits per heavy atom. The first kappa shape index (κ1) is 9.42. The molecular formula is C8H14FN. The minimum Gasteiger partial charge on any atom is -0.248 e. The fourth-order valence-electron chi connectivity index (χ4n) is 0.774. The van der Waals surface area contributed by atoms with Gasteiger partial charge in [-0.1, -0.05) is 6.92 Å². The van der Waals surface area contributed by atoms with Crippen molar-refractivity contribution >= 4 is 0 Å². The topological polar surface area (TPSA) is 23.8 Å². The standard InChI is InChI=1S/C8H14FN/c1-2-8(9)6-4-3-5-7-10/h8H,2-6H2,1H3. The summed E-state index contributed by atoms with van der Waals surface area (Å²) in [4.78, 5) is 0. The van der Waals surface area contributed by atoms with Crippen LogP contribution in [0.25, 0.3) is 0 Å². The minimum absolute atomic E-state index is 0.566. The van der Waals surface area contributed by atoms with E-state index in [4.69, 9.17) is 5.26 Å². The summed E-state index contributed by atoms with van der Waals surface area (Å²) in [5.74, 6) is 0. The molecule has 2 heteroatoms. The van der Waals surface area contributed by atoms with Crippen LogP contribution in [0, 0.1) is 11.3 Å². The van der Waals surface area contributed by atoms with Crippen LogP contribution in [0.2, 0.25) is 0 Å². The predicted molar refractivity (Wildman–Crippen MR) is 39.3 cm³/mol. The summed E-state index contributed by atoms with van der Waals surface area (Å²) in [6.45, 7) is 1.84. The Hall–Kier alpha value is -0.580. The Morgan fingerprint density at radius 1 is 1.50 bits per heavy atom. The summed E-state index contributed by atoms with van der Waals surface area (Å²) in [5.41, 5.74) is 0. The molecule has 0 aromatic heterocycles. The molecule has 0 fully saturated rings. The van der Waals surface area contributed by atoms with E-state index in [0.29, 0.717) is 19.3 Å². The molecule has 1 atom stereocenters. The monoisotopic (exact) mass is 143 g/mol. The van der Waals surface area contributed by atoms with E-state index in [0.717, 1.165) is 12.8 Å². The zero-order valence-corrected chi connectivity index (χ0v) is 6.44. The van der Waals surface area contributed by atoms with Gasteiger partial charge in [-0.15, -0.1) is 0 Å². The maximum atomic E-state index is 12.5. The molecule has 1 unspecified atom stereocenters. The lowest BCUT2D eigenvalue weighted by molar-refractivity contribution is 0.298. The van der Waals surface area contributed by atoms with Gasteiger partial charge in [0.2, 0.25) is 0 Å². The molecule has 0 saturated heterocycles. The summed E-state index contributed by atoms with van der Waals surface area (Å²) in [5, 5.41) is 8.14. The first-order valence-corrected chi connectivity index (χ1v) is 3.82. The van der Waals surface area contributed by atoms with Gasteiger partial charge in [0, 0.05) is 6.42 Å². The maximum Gasteiger partial charge on any atom is 0.0999 e. The van der Waals surface area contributed by atoms with Crippen LogP contribution in [-0.2, 0) is 0 Å². The van der Waals surface area contributed by atoms with Crippen molar-refractivity contribution in [3.8, 4) is 6.07 Å². The van der Waals surface area contributed by atoms with Gasteiger partial charge in [-0.3, -0.25) is 0 Å². The van der Waals surface area contributed by atoms with E-state index in [9.17, 15) is 4.39 Å². The van der Waals surface area contributed by atoms with Crippen LogP contribution in [0.5, 0.6) is 0 Å². The lowest BCUT2D eigenvalue weighted by Crippen LogP contribution is -1.96. The second-order valence-corrected chi connectivity index (χ2v) is 2.41. The van der Waals surface area contributed by atoms with E-state index in [1.54, 1.807) is 0 Å². The van der Waals surface area contributed by atoms with Crippen molar-refractivity contribution in [1.82, 2.24) is 0 Å². The van der Waals surface area contributed by atoms with Crippen molar-refractivity contribution in [2.45, 2.75) is 45.2 Å². The van der Waals surface area contributed by atoms with Gasteiger partial charge in [-0.25, -0.2) is 4.39 Å². The lowest BCUT2D eigenvalue weighted by Gasteiger charge is -2.01. The molecule has 0 heterocycles. The average molecular weight is 143 g/mol. The van der Waals surface area contributed by atoms with Gasteiger partial charge in [-0.05, 0) is 25.7 Å². The van der Waals surface area contributed by atoms with Crippen LogP contribution >= 0.6 is 0 Å². The molecule has 0 saturated carbocycles. The highest BCUT2D eigenvalue weighted by Gasteiger charge is 2.00. The van der Waals surface area contributed by atoms with Crippen molar-refractivity contribution in [2.75, 3.05) is 0 Å². The molecule has 0 aromatic rings. The summed E-state index contributed by atoms with van der Waals surface area (Å²) >= 11 is 0. The van der Waals surface area contributed by atoms with Crippen LogP contribution in [0.1, 0.15) is 39.0 Å². The highest BCUT2D eigenvalue weighted by molar-refractivity contribution is 4.68. The SMILES string of the molecule is CCC(F)CCCCC#N. The summed E-state index contributed by atoms with van der Waals surface area (Å²) < 4.78 is 12.5. The van der Waals surface area contributed by atoms with Crippen molar-refractivity contribution in [3.63, 3.8) is 0 Å². The largest absolute Gasteiger partial charge is 0.248 e. The maximum absolute atomic E-state index is 12.5. The third-order valence-electron chi connectivity index (χ3n) is 1.50. The average Bonchev–Trinajstić information content (AvgIpc) is 1.98. The van der Waals surface area contributed by atoms with E-state index in [2.05, 4.69) is 0 Å². The van der Waals surface area contributed by atoms with Crippen molar-refractivity contribution in [1.29, 1.82) is 5.26 Å². The number of rotatable bonds is 5. The van der Waals surface area contributed by atoms with Crippen LogP contribution in [0.3, 0.4) is 0 Å². The molecule has 0 spiro atoms. The van der Waals surface area contributed by atoms with E-state index < -0.39 is 6.17 Å². The van der Waals surface area contributed by atoms with Crippen molar-refractivity contribution in [2.24, 2.45) is 0 Å². The Kier molecular flexibility index (Phi) is 6.16. The lowest BCUT2D eigenvalue weighted by atomic mass is 10.1. The Bertz CT molecular complexity index is 106. The zero-order valence-electron chi connectivity index (χ0n) is 6.44. The van der Waals surface area contributed by atoms with Gasteiger partial charge >= 0.3 is 0 Å². The molecule has 0 aliphatic carbocycles. The van der Waals surface area contributed by atoms with Gasteiger partial charge in [-0.2, -0.15) is 5.26 Å². The second-order valence-electron chi connectivity index (χ2n) is 2.41. The molecule has 0 aromatic carbocycles. The summed E-state index contributed by atoms with van der Waals surface area (Å²) in [7, 11) is 0. The third-order valence-corrected chi connectivity index (χ3v) is 1.50. The van der Waals surface area contributed by atoms with Gasteiger partial charge in [0.05, 0.1) is 12.2 Å². The van der Waals surface area contributed by atoms with Gasteiger partial charge in [0.25, 0.3) is 0 Å². The molecule has 0 rings (SSSR count). The smallest absolute Gasteiger partial charge is 0.0999 e. The number of nitriles is 1. The normalized spacial score (nSPS) is 12.5. The van der Waals surface area contributed by atoms with Gasteiger partial charge in [0.1, 0.15) is 0 Å². The molecular weight excluding hydrogens is 129 g/mol. The fourth-order valence-corrected chi connectivity index (χ4v) is 0.774. The first-order valence-electron chi connectivity index (χ1n) is 3.82. The Morgan fingerprint density at radius 2 is 2.20 bits per heavy atom. The summed E-state index contributed by atoms with van der Waals surface area (Å²) in [6, 6.07) is 2.04. The molecule has 0 N–H and O–H groups in total. The van der Waals surface area contributed by atoms with Crippen LogP contribution in [0.15, 0.2) is 0 Å². The molecule has 58 valence electrons. The fraction of sp³-hybridized carbons (Fsp3) is 0.875. The van der Waals surface area contributed by atoms with E-state index in [-0.39, 0.29) is 0 Å². The number of hydrogen-bond acceptors (Lipinski definition) is 1. The molecule has 0 aliphatic heterocycles. The molecule has 0 radical (unpaired) electrons. The van der Waals surface area contributed by atoms with Crippen molar-refractivity contribution in [3.05, 3.63) is 0 Å². The van der Waals surface area contributed by atoms with E-state index in [1.807, 2.05) is 13.0 Å². The zero-order chi connectivity index (χ0) is 7.82. The summed E-state index contributed by atoms with van der Waals surface area (Å²) in [6.07, 6.45) is 2.83. The second kappa shape index (κ2) is 6.54. The molecule has 10 heavy (non-hydrogen) atoms. The Labute approximate surface area is 61.9 Å². The van der Waals surface area contributed by atoms with Gasteiger partial charge in [0.15, 0.2) is 0 Å². The predicted octanol–water partition coefficient (Wildman–Crippen LogP) is 2.82. The molecule has 0 bridgehead atoms. The minimum atomic E-state index is -0.654. The number of nitrogens with zero attached hydrogens (tertiary/aromatic N) is 1. The number of unbranched alkanes of at least 4 members (excludes halogenated alkanes) is 2. The highest BCUT2D eigenvalue weighted by atomic mass is 19.1. The number of hydrogen-bond donors (Lipinski definition) is 0. The Balaban J connectivity index is 2.98. The number of halogens is 1. The molecule has 1 nitrogen and oxygen atoms in total. The molecule has 0 aliphatic rings. The number of alkyl halides is 1.